The zero-order valence-corrected chi connectivity index (χ0v) is 11.7. The molecule has 17 heavy (non-hydrogen) atoms. The number of hydrogen-bond acceptors (Lipinski definition) is 1. The van der Waals surface area contributed by atoms with Crippen LogP contribution in [0, 0.1) is 11.3 Å². The van der Waals surface area contributed by atoms with Crippen LogP contribution in [0.15, 0.2) is 0 Å². The molecule has 0 spiro atoms. The van der Waals surface area contributed by atoms with Gasteiger partial charge >= 0.3 is 0 Å². The van der Waals surface area contributed by atoms with Gasteiger partial charge < -0.3 is 5.32 Å². The van der Waals surface area contributed by atoms with Gasteiger partial charge in [-0.25, -0.2) is 0 Å². The first-order valence-electron chi connectivity index (χ1n) is 6.95. The molecule has 2 aliphatic carbocycles. The van der Waals surface area contributed by atoms with E-state index in [1.54, 1.807) is 0 Å². The summed E-state index contributed by atoms with van der Waals surface area (Å²) in [7, 11) is 0. The molecule has 2 aliphatic rings. The van der Waals surface area contributed by atoms with Crippen molar-refractivity contribution < 1.29 is 4.79 Å². The third kappa shape index (κ3) is 2.96. The predicted molar refractivity (Wildman–Crippen MR) is 71.2 cm³/mol. The Kier molecular flexibility index (Phi) is 4.02. The molecule has 0 bridgehead atoms. The fraction of sp³-hybridized carbons (Fsp3) is 0.929. The quantitative estimate of drug-likeness (QED) is 0.754. The Morgan fingerprint density at radius 3 is 2.53 bits per heavy atom. The zero-order chi connectivity index (χ0) is 12.5. The number of alkyl halides is 1. The lowest BCUT2D eigenvalue weighted by Gasteiger charge is -2.38. The zero-order valence-electron chi connectivity index (χ0n) is 11.0. The molecule has 0 aromatic heterocycles. The molecule has 2 rings (SSSR count). The Balaban J connectivity index is 1.94. The van der Waals surface area contributed by atoms with Crippen molar-refractivity contribution in [1.82, 2.24) is 5.32 Å². The van der Waals surface area contributed by atoms with Crippen LogP contribution in [0.25, 0.3) is 0 Å². The van der Waals surface area contributed by atoms with Crippen LogP contribution < -0.4 is 5.32 Å². The van der Waals surface area contributed by atoms with Gasteiger partial charge in [-0.15, -0.1) is 11.6 Å². The van der Waals surface area contributed by atoms with Crippen molar-refractivity contribution >= 4 is 17.5 Å². The van der Waals surface area contributed by atoms with Gasteiger partial charge in [-0.05, 0) is 37.5 Å². The molecule has 2 saturated carbocycles. The van der Waals surface area contributed by atoms with Crippen molar-refractivity contribution in [2.45, 2.75) is 70.2 Å². The number of halogens is 1. The summed E-state index contributed by atoms with van der Waals surface area (Å²) in [6.45, 7) is 4.45. The Morgan fingerprint density at radius 2 is 1.94 bits per heavy atom. The van der Waals surface area contributed by atoms with Crippen LogP contribution in [0.3, 0.4) is 0 Å². The maximum atomic E-state index is 12.3. The summed E-state index contributed by atoms with van der Waals surface area (Å²) in [6.07, 6.45) is 7.90. The molecule has 0 aliphatic heterocycles. The lowest BCUT2D eigenvalue weighted by molar-refractivity contribution is -0.130. The van der Waals surface area contributed by atoms with Crippen LogP contribution in [-0.2, 0) is 4.79 Å². The summed E-state index contributed by atoms with van der Waals surface area (Å²) in [6, 6.07) is 0.210. The minimum atomic E-state index is 0.144. The highest BCUT2D eigenvalue weighted by atomic mass is 35.5. The second-order valence-electron chi connectivity index (χ2n) is 6.35. The first-order chi connectivity index (χ1) is 8.00. The number of amides is 1. The lowest BCUT2D eigenvalue weighted by atomic mass is 9.68. The minimum Gasteiger partial charge on any atom is -0.352 e. The molecule has 3 atom stereocenters. The van der Waals surface area contributed by atoms with Crippen molar-refractivity contribution in [2.24, 2.45) is 11.3 Å². The normalized spacial score (nSPS) is 36.8. The molecule has 0 aromatic carbocycles. The SMILES string of the molecule is CC1(C)CCCCC1C(=O)NC1CCCC1Cl. The van der Waals surface area contributed by atoms with Gasteiger partial charge in [-0.1, -0.05) is 26.7 Å². The average molecular weight is 258 g/mol. The first kappa shape index (κ1) is 13.2. The molecular weight excluding hydrogens is 234 g/mol. The molecule has 0 saturated heterocycles. The number of nitrogens with one attached hydrogen (secondary N) is 1. The van der Waals surface area contributed by atoms with Crippen LogP contribution in [0.5, 0.6) is 0 Å². The molecule has 2 fully saturated rings. The summed E-state index contributed by atoms with van der Waals surface area (Å²) in [5.41, 5.74) is 0.156. The molecule has 1 amide bonds. The van der Waals surface area contributed by atoms with Gasteiger partial charge in [0, 0.05) is 12.0 Å². The van der Waals surface area contributed by atoms with E-state index in [1.165, 1.54) is 19.3 Å². The minimum absolute atomic E-state index is 0.144. The van der Waals surface area contributed by atoms with Crippen LogP contribution in [0.1, 0.15) is 58.8 Å². The van der Waals surface area contributed by atoms with Crippen molar-refractivity contribution in [1.29, 1.82) is 0 Å². The van der Waals surface area contributed by atoms with Crippen molar-refractivity contribution in [3.8, 4) is 0 Å². The van der Waals surface area contributed by atoms with E-state index >= 15 is 0 Å². The second-order valence-corrected chi connectivity index (χ2v) is 6.91. The maximum absolute atomic E-state index is 12.3. The fourth-order valence-corrected chi connectivity index (χ4v) is 3.68. The summed E-state index contributed by atoms with van der Waals surface area (Å²) < 4.78 is 0. The van der Waals surface area contributed by atoms with Gasteiger partial charge in [0.15, 0.2) is 0 Å². The van der Waals surface area contributed by atoms with Gasteiger partial charge in [0.2, 0.25) is 5.91 Å². The van der Waals surface area contributed by atoms with E-state index in [2.05, 4.69) is 19.2 Å². The van der Waals surface area contributed by atoms with Gasteiger partial charge in [0.05, 0.1) is 5.38 Å². The van der Waals surface area contributed by atoms with Crippen molar-refractivity contribution in [3.63, 3.8) is 0 Å². The van der Waals surface area contributed by atoms with E-state index in [-0.39, 0.29) is 28.7 Å². The molecule has 0 heterocycles. The topological polar surface area (TPSA) is 29.1 Å². The van der Waals surface area contributed by atoms with Crippen LogP contribution in [-0.4, -0.2) is 17.3 Å². The third-order valence-electron chi connectivity index (χ3n) is 4.58. The van der Waals surface area contributed by atoms with E-state index < -0.39 is 0 Å². The van der Waals surface area contributed by atoms with Crippen molar-refractivity contribution in [3.05, 3.63) is 0 Å². The van der Waals surface area contributed by atoms with Crippen molar-refractivity contribution in [2.75, 3.05) is 0 Å². The van der Waals surface area contributed by atoms with E-state index in [4.69, 9.17) is 11.6 Å². The smallest absolute Gasteiger partial charge is 0.223 e. The van der Waals surface area contributed by atoms with Crippen LogP contribution in [0.2, 0.25) is 0 Å². The highest BCUT2D eigenvalue weighted by molar-refractivity contribution is 6.21. The van der Waals surface area contributed by atoms with E-state index in [9.17, 15) is 4.79 Å². The molecular formula is C14H24ClNO. The Labute approximate surface area is 109 Å². The Hall–Kier alpha value is -0.240. The summed E-state index contributed by atoms with van der Waals surface area (Å²) in [5, 5.41) is 3.33. The number of carbonyl (C=O) groups is 1. The van der Waals surface area contributed by atoms with E-state index in [1.807, 2.05) is 0 Å². The summed E-state index contributed by atoms with van der Waals surface area (Å²) >= 11 is 6.22. The average Bonchev–Trinajstić information content (AvgIpc) is 2.63. The highest BCUT2D eigenvalue weighted by Crippen LogP contribution is 2.40. The molecule has 98 valence electrons. The molecule has 0 aromatic rings. The predicted octanol–water partition coefficient (Wildman–Crippen LogP) is 3.48. The summed E-state index contributed by atoms with van der Waals surface area (Å²) in [5.74, 6) is 0.424. The van der Waals surface area contributed by atoms with Gasteiger partial charge in [-0.3, -0.25) is 4.79 Å². The standard InChI is InChI=1S/C14H24ClNO/c1-14(2)9-4-3-6-10(14)13(17)16-12-8-5-7-11(12)15/h10-12H,3-9H2,1-2H3,(H,16,17). The largest absolute Gasteiger partial charge is 0.352 e. The van der Waals surface area contributed by atoms with Crippen LogP contribution in [0.4, 0.5) is 0 Å². The number of carbonyl (C=O) groups excluding carboxylic acids is 1. The lowest BCUT2D eigenvalue weighted by Crippen LogP contribution is -2.46. The third-order valence-corrected chi connectivity index (χ3v) is 5.11. The van der Waals surface area contributed by atoms with E-state index in [0.29, 0.717) is 0 Å². The molecule has 3 heteroatoms. The van der Waals surface area contributed by atoms with Gasteiger partial charge in [0.1, 0.15) is 0 Å². The second kappa shape index (κ2) is 5.17. The van der Waals surface area contributed by atoms with E-state index in [0.717, 1.165) is 25.7 Å². The Morgan fingerprint density at radius 1 is 1.18 bits per heavy atom. The Bertz CT molecular complexity index is 290. The monoisotopic (exact) mass is 257 g/mol. The number of hydrogen-bond donors (Lipinski definition) is 1. The first-order valence-corrected chi connectivity index (χ1v) is 7.39. The fourth-order valence-electron chi connectivity index (χ4n) is 3.34. The molecule has 3 unspecified atom stereocenters. The van der Waals surface area contributed by atoms with Gasteiger partial charge in [0.25, 0.3) is 0 Å². The summed E-state index contributed by atoms with van der Waals surface area (Å²) in [4.78, 5) is 12.3. The molecule has 1 N–H and O–H groups in total. The van der Waals surface area contributed by atoms with Crippen LogP contribution >= 0.6 is 11.6 Å². The number of rotatable bonds is 2. The maximum Gasteiger partial charge on any atom is 0.223 e. The van der Waals surface area contributed by atoms with Gasteiger partial charge in [-0.2, -0.15) is 0 Å². The highest BCUT2D eigenvalue weighted by Gasteiger charge is 2.38. The molecule has 2 nitrogen and oxygen atoms in total. The molecule has 0 radical (unpaired) electrons.